The number of hydrogen-bond acceptors (Lipinski definition) is 6. The second-order valence-electron chi connectivity index (χ2n) is 4.92. The van der Waals surface area contributed by atoms with E-state index in [9.17, 15) is 8.42 Å². The fourth-order valence-electron chi connectivity index (χ4n) is 2.19. The minimum atomic E-state index is -3.56. The summed E-state index contributed by atoms with van der Waals surface area (Å²) in [6.45, 7) is 5.98. The van der Waals surface area contributed by atoms with Crippen molar-refractivity contribution in [3.63, 3.8) is 0 Å². The van der Waals surface area contributed by atoms with E-state index in [1.165, 1.54) is 16.7 Å². The van der Waals surface area contributed by atoms with Crippen LogP contribution >= 0.6 is 0 Å². The van der Waals surface area contributed by atoms with Crippen molar-refractivity contribution in [1.29, 1.82) is 0 Å². The molecule has 1 unspecified atom stereocenters. The Balaban J connectivity index is 2.18. The molecule has 1 aromatic heterocycles. The molecule has 2 rings (SSSR count). The first kappa shape index (κ1) is 16.1. The zero-order valence-electron chi connectivity index (χ0n) is 12.4. The second-order valence-corrected chi connectivity index (χ2v) is 6.81. The zero-order chi connectivity index (χ0) is 15.3. The first-order chi connectivity index (χ1) is 10.1. The quantitative estimate of drug-likeness (QED) is 0.846. The second kappa shape index (κ2) is 7.15. The maximum absolute atomic E-state index is 12.7. The minimum absolute atomic E-state index is 0.123. The van der Waals surface area contributed by atoms with Crippen molar-refractivity contribution >= 4 is 16.0 Å². The molecular formula is C13H22N4O3S. The van der Waals surface area contributed by atoms with Crippen LogP contribution in [-0.4, -0.2) is 55.0 Å². The summed E-state index contributed by atoms with van der Waals surface area (Å²) in [4.78, 5) is 8.27. The Morgan fingerprint density at radius 3 is 2.71 bits per heavy atom. The number of ether oxygens (including phenoxy) is 1. The number of aromatic nitrogens is 2. The topological polar surface area (TPSA) is 84.4 Å². The molecule has 0 aliphatic carbocycles. The summed E-state index contributed by atoms with van der Waals surface area (Å²) in [5.74, 6) is 0.449. The average Bonchev–Trinajstić information content (AvgIpc) is 2.53. The highest BCUT2D eigenvalue weighted by Crippen LogP contribution is 2.21. The normalized spacial score (nSPS) is 20.4. The molecule has 118 valence electrons. The number of nitrogens with zero attached hydrogens (tertiary/aromatic N) is 3. The van der Waals surface area contributed by atoms with E-state index in [0.717, 1.165) is 19.4 Å². The molecule has 0 bridgehead atoms. The smallest absolute Gasteiger partial charge is 0.246 e. The molecule has 1 N–H and O–H groups in total. The van der Waals surface area contributed by atoms with Gasteiger partial charge in [-0.25, -0.2) is 18.4 Å². The molecule has 0 spiro atoms. The van der Waals surface area contributed by atoms with Gasteiger partial charge in [0, 0.05) is 19.1 Å². The van der Waals surface area contributed by atoms with Crippen molar-refractivity contribution in [2.45, 2.75) is 37.6 Å². The lowest BCUT2D eigenvalue weighted by Gasteiger charge is -2.33. The Morgan fingerprint density at radius 1 is 1.38 bits per heavy atom. The molecule has 21 heavy (non-hydrogen) atoms. The predicted octanol–water partition coefficient (Wildman–Crippen LogP) is 1.10. The van der Waals surface area contributed by atoms with Crippen LogP contribution in [0.5, 0.6) is 0 Å². The number of sulfonamides is 1. The summed E-state index contributed by atoms with van der Waals surface area (Å²) in [6.07, 6.45) is 4.40. The van der Waals surface area contributed by atoms with E-state index in [-0.39, 0.29) is 10.9 Å². The summed E-state index contributed by atoms with van der Waals surface area (Å²) in [7, 11) is -3.56. The molecule has 0 amide bonds. The molecule has 0 saturated carbocycles. The first-order valence-electron chi connectivity index (χ1n) is 7.25. The third-order valence-electron chi connectivity index (χ3n) is 3.41. The molecule has 1 aliphatic rings. The van der Waals surface area contributed by atoms with Crippen molar-refractivity contribution in [1.82, 2.24) is 14.3 Å². The Hall–Kier alpha value is -1.25. The minimum Gasteiger partial charge on any atom is -0.378 e. The predicted molar refractivity (Wildman–Crippen MR) is 79.6 cm³/mol. The summed E-state index contributed by atoms with van der Waals surface area (Å²) in [5.41, 5.74) is 0. The summed E-state index contributed by atoms with van der Waals surface area (Å²) in [5, 5.41) is 3.02. The zero-order valence-corrected chi connectivity index (χ0v) is 13.3. The lowest BCUT2D eigenvalue weighted by molar-refractivity contribution is 0.0314. The Bertz CT molecular complexity index is 547. The van der Waals surface area contributed by atoms with Crippen LogP contribution in [0.2, 0.25) is 0 Å². The van der Waals surface area contributed by atoms with E-state index in [4.69, 9.17) is 4.74 Å². The van der Waals surface area contributed by atoms with E-state index >= 15 is 0 Å². The van der Waals surface area contributed by atoms with Crippen LogP contribution in [-0.2, 0) is 14.8 Å². The van der Waals surface area contributed by atoms with Crippen molar-refractivity contribution in [2.75, 3.05) is 31.6 Å². The standard InChI is InChI=1S/C13H22N4O3S/c1-3-5-14-13-15-8-12(9-16-13)21(18,19)17-6-7-20-10-11(17)4-2/h8-9,11H,3-7,10H2,1-2H3,(H,14,15,16). The number of anilines is 1. The van der Waals surface area contributed by atoms with Gasteiger partial charge in [-0.3, -0.25) is 0 Å². The molecular weight excluding hydrogens is 292 g/mol. The van der Waals surface area contributed by atoms with E-state index in [1.807, 2.05) is 13.8 Å². The molecule has 1 aliphatic heterocycles. The third kappa shape index (κ3) is 3.69. The highest BCUT2D eigenvalue weighted by molar-refractivity contribution is 7.89. The van der Waals surface area contributed by atoms with Crippen LogP contribution in [0.25, 0.3) is 0 Å². The van der Waals surface area contributed by atoms with Crippen molar-refractivity contribution < 1.29 is 13.2 Å². The van der Waals surface area contributed by atoms with Gasteiger partial charge in [0.25, 0.3) is 0 Å². The van der Waals surface area contributed by atoms with Gasteiger partial charge < -0.3 is 10.1 Å². The van der Waals surface area contributed by atoms with Gasteiger partial charge >= 0.3 is 0 Å². The van der Waals surface area contributed by atoms with Gasteiger partial charge in [-0.1, -0.05) is 13.8 Å². The number of morpholine rings is 1. The van der Waals surface area contributed by atoms with Crippen LogP contribution in [0.3, 0.4) is 0 Å². The third-order valence-corrected chi connectivity index (χ3v) is 5.32. The molecule has 2 heterocycles. The Labute approximate surface area is 125 Å². The summed E-state index contributed by atoms with van der Waals surface area (Å²) in [6, 6.07) is -0.123. The van der Waals surface area contributed by atoms with Gasteiger partial charge in [-0.2, -0.15) is 4.31 Å². The summed E-state index contributed by atoms with van der Waals surface area (Å²) < 4.78 is 32.1. The van der Waals surface area contributed by atoms with E-state index in [1.54, 1.807) is 0 Å². The first-order valence-corrected chi connectivity index (χ1v) is 8.69. The number of rotatable bonds is 6. The fraction of sp³-hybridized carbons (Fsp3) is 0.692. The van der Waals surface area contributed by atoms with E-state index in [2.05, 4.69) is 15.3 Å². The highest BCUT2D eigenvalue weighted by atomic mass is 32.2. The monoisotopic (exact) mass is 314 g/mol. The molecule has 8 heteroatoms. The highest BCUT2D eigenvalue weighted by Gasteiger charge is 2.33. The SMILES string of the molecule is CCCNc1ncc(S(=O)(=O)N2CCOCC2CC)cn1. The molecule has 1 fully saturated rings. The van der Waals surface area contributed by atoms with Gasteiger partial charge in [0.1, 0.15) is 4.90 Å². The van der Waals surface area contributed by atoms with Crippen molar-refractivity contribution in [2.24, 2.45) is 0 Å². The maximum Gasteiger partial charge on any atom is 0.246 e. The van der Waals surface area contributed by atoms with Crippen LogP contribution in [0, 0.1) is 0 Å². The molecule has 7 nitrogen and oxygen atoms in total. The van der Waals surface area contributed by atoms with Gasteiger partial charge in [0.15, 0.2) is 0 Å². The molecule has 0 radical (unpaired) electrons. The summed E-state index contributed by atoms with van der Waals surface area (Å²) >= 11 is 0. The Kier molecular flexibility index (Phi) is 5.49. The van der Waals surface area contributed by atoms with Crippen molar-refractivity contribution in [3.05, 3.63) is 12.4 Å². The average molecular weight is 314 g/mol. The number of hydrogen-bond donors (Lipinski definition) is 1. The van der Waals surface area contributed by atoms with Crippen LogP contribution < -0.4 is 5.32 Å². The van der Waals surface area contributed by atoms with E-state index in [0.29, 0.717) is 25.7 Å². The Morgan fingerprint density at radius 2 is 2.10 bits per heavy atom. The maximum atomic E-state index is 12.7. The van der Waals surface area contributed by atoms with Crippen LogP contribution in [0.4, 0.5) is 5.95 Å². The fourth-order valence-corrected chi connectivity index (χ4v) is 3.75. The van der Waals surface area contributed by atoms with Gasteiger partial charge in [-0.15, -0.1) is 0 Å². The lowest BCUT2D eigenvalue weighted by Crippen LogP contribution is -2.48. The molecule has 1 aromatic rings. The number of nitrogens with one attached hydrogen (secondary N) is 1. The molecule has 1 saturated heterocycles. The van der Waals surface area contributed by atoms with Crippen LogP contribution in [0.1, 0.15) is 26.7 Å². The molecule has 1 atom stereocenters. The molecule has 0 aromatic carbocycles. The largest absolute Gasteiger partial charge is 0.378 e. The van der Waals surface area contributed by atoms with Gasteiger partial charge in [-0.05, 0) is 12.8 Å². The van der Waals surface area contributed by atoms with Gasteiger partial charge in [0.2, 0.25) is 16.0 Å². The van der Waals surface area contributed by atoms with E-state index < -0.39 is 10.0 Å². The lowest BCUT2D eigenvalue weighted by atomic mass is 10.2. The van der Waals surface area contributed by atoms with Gasteiger partial charge in [0.05, 0.1) is 25.6 Å². The van der Waals surface area contributed by atoms with Crippen LogP contribution in [0.15, 0.2) is 17.3 Å². The van der Waals surface area contributed by atoms with Crippen molar-refractivity contribution in [3.8, 4) is 0 Å².